The fourth-order valence-electron chi connectivity index (χ4n) is 2.69. The summed E-state index contributed by atoms with van der Waals surface area (Å²) in [6, 6.07) is 9.77. The van der Waals surface area contributed by atoms with Crippen molar-refractivity contribution in [1.29, 1.82) is 0 Å². The van der Waals surface area contributed by atoms with Gasteiger partial charge in [-0.05, 0) is 48.2 Å². The average Bonchev–Trinajstić information content (AvgIpc) is 3.01. The number of carbonyl (C=O) groups is 1. The Balaban J connectivity index is 2.04. The van der Waals surface area contributed by atoms with Crippen molar-refractivity contribution in [2.75, 3.05) is 18.0 Å². The van der Waals surface area contributed by atoms with Gasteiger partial charge in [0.1, 0.15) is 0 Å². The maximum atomic E-state index is 11.7. The van der Waals surface area contributed by atoms with Gasteiger partial charge in [-0.25, -0.2) is 0 Å². The van der Waals surface area contributed by atoms with Crippen LogP contribution in [0.1, 0.15) is 23.2 Å². The van der Waals surface area contributed by atoms with E-state index in [0.717, 1.165) is 29.9 Å². The molecule has 102 valence electrons. The quantitative estimate of drug-likeness (QED) is 0.929. The number of anilines is 1. The highest BCUT2D eigenvalue weighted by Crippen LogP contribution is 2.29. The molecule has 1 fully saturated rings. The molecule has 1 aliphatic rings. The lowest BCUT2D eigenvalue weighted by molar-refractivity contribution is 0.100. The van der Waals surface area contributed by atoms with Crippen LogP contribution in [0.3, 0.4) is 0 Å². The highest BCUT2D eigenvalue weighted by Gasteiger charge is 2.18. The van der Waals surface area contributed by atoms with Crippen LogP contribution in [0.4, 0.5) is 5.69 Å². The summed E-state index contributed by atoms with van der Waals surface area (Å²) in [6.45, 7) is 1.99. The Bertz CT molecular complexity index is 619. The standard InChI is InChI=1S/C16H17N3O/c17-16(20)14-11-13(12-5-7-18-8-6-12)3-4-15(14)19-9-1-2-10-19/h3-8,11H,1-2,9-10H2,(H2,17,20). The first-order chi connectivity index (χ1) is 9.75. The average molecular weight is 267 g/mol. The molecule has 4 nitrogen and oxygen atoms in total. The summed E-state index contributed by atoms with van der Waals surface area (Å²) in [5, 5.41) is 0. The van der Waals surface area contributed by atoms with E-state index in [0.29, 0.717) is 5.56 Å². The summed E-state index contributed by atoms with van der Waals surface area (Å²) < 4.78 is 0. The minimum absolute atomic E-state index is 0.372. The molecular weight excluding hydrogens is 250 g/mol. The predicted molar refractivity (Wildman–Crippen MR) is 79.6 cm³/mol. The Morgan fingerprint density at radius 2 is 1.75 bits per heavy atom. The predicted octanol–water partition coefficient (Wildman–Crippen LogP) is 2.45. The van der Waals surface area contributed by atoms with Crippen molar-refractivity contribution in [3.63, 3.8) is 0 Å². The van der Waals surface area contributed by atoms with Gasteiger partial charge in [0.15, 0.2) is 0 Å². The zero-order valence-corrected chi connectivity index (χ0v) is 11.2. The molecule has 0 bridgehead atoms. The molecule has 1 aliphatic heterocycles. The number of hydrogen-bond donors (Lipinski definition) is 1. The maximum absolute atomic E-state index is 11.7. The molecule has 20 heavy (non-hydrogen) atoms. The Morgan fingerprint density at radius 3 is 2.40 bits per heavy atom. The largest absolute Gasteiger partial charge is 0.371 e. The van der Waals surface area contributed by atoms with E-state index in [1.54, 1.807) is 12.4 Å². The topological polar surface area (TPSA) is 59.2 Å². The molecule has 2 heterocycles. The molecule has 0 saturated carbocycles. The molecule has 2 aromatic rings. The molecule has 0 radical (unpaired) electrons. The fraction of sp³-hybridized carbons (Fsp3) is 0.250. The number of aromatic nitrogens is 1. The van der Waals surface area contributed by atoms with Crippen LogP contribution in [0, 0.1) is 0 Å². The van der Waals surface area contributed by atoms with Gasteiger partial charge in [-0.1, -0.05) is 6.07 Å². The van der Waals surface area contributed by atoms with Crippen LogP contribution < -0.4 is 10.6 Å². The summed E-state index contributed by atoms with van der Waals surface area (Å²) in [7, 11) is 0. The monoisotopic (exact) mass is 267 g/mol. The first kappa shape index (κ1) is 12.7. The molecule has 3 rings (SSSR count). The first-order valence-electron chi connectivity index (χ1n) is 6.85. The smallest absolute Gasteiger partial charge is 0.250 e. The van der Waals surface area contributed by atoms with E-state index < -0.39 is 0 Å². The van der Waals surface area contributed by atoms with Gasteiger partial charge in [-0.2, -0.15) is 0 Å². The van der Waals surface area contributed by atoms with Gasteiger partial charge in [-0.3, -0.25) is 9.78 Å². The van der Waals surface area contributed by atoms with E-state index in [2.05, 4.69) is 9.88 Å². The van der Waals surface area contributed by atoms with Crippen LogP contribution >= 0.6 is 0 Å². The van der Waals surface area contributed by atoms with Crippen molar-refractivity contribution in [1.82, 2.24) is 4.98 Å². The van der Waals surface area contributed by atoms with Gasteiger partial charge >= 0.3 is 0 Å². The summed E-state index contributed by atoms with van der Waals surface area (Å²) in [4.78, 5) is 18.0. The van der Waals surface area contributed by atoms with Crippen molar-refractivity contribution in [2.45, 2.75) is 12.8 Å². The molecule has 1 saturated heterocycles. The molecule has 0 aliphatic carbocycles. The molecule has 0 atom stereocenters. The number of carbonyl (C=O) groups excluding carboxylic acids is 1. The van der Waals surface area contributed by atoms with E-state index in [1.165, 1.54) is 12.8 Å². The van der Waals surface area contributed by atoms with E-state index in [-0.39, 0.29) is 5.91 Å². The van der Waals surface area contributed by atoms with Gasteiger partial charge in [0, 0.05) is 31.2 Å². The van der Waals surface area contributed by atoms with Crippen LogP contribution in [0.5, 0.6) is 0 Å². The van der Waals surface area contributed by atoms with Gasteiger partial charge in [0.25, 0.3) is 5.91 Å². The van der Waals surface area contributed by atoms with E-state index >= 15 is 0 Å². The van der Waals surface area contributed by atoms with Gasteiger partial charge < -0.3 is 10.6 Å². The van der Waals surface area contributed by atoms with Crippen molar-refractivity contribution in [3.8, 4) is 11.1 Å². The number of primary amides is 1. The number of hydrogen-bond acceptors (Lipinski definition) is 3. The lowest BCUT2D eigenvalue weighted by Crippen LogP contribution is -2.23. The van der Waals surface area contributed by atoms with Crippen molar-refractivity contribution in [3.05, 3.63) is 48.3 Å². The number of pyridine rings is 1. The molecule has 2 N–H and O–H groups in total. The zero-order chi connectivity index (χ0) is 13.9. The molecule has 1 aromatic heterocycles. The van der Waals surface area contributed by atoms with E-state index in [9.17, 15) is 4.79 Å². The minimum Gasteiger partial charge on any atom is -0.371 e. The summed E-state index contributed by atoms with van der Waals surface area (Å²) in [5.74, 6) is -0.372. The highest BCUT2D eigenvalue weighted by atomic mass is 16.1. The Hall–Kier alpha value is -2.36. The summed E-state index contributed by atoms with van der Waals surface area (Å²) in [6.07, 6.45) is 5.83. The third kappa shape index (κ3) is 2.37. The maximum Gasteiger partial charge on any atom is 0.250 e. The SMILES string of the molecule is NC(=O)c1cc(-c2ccncc2)ccc1N1CCCC1. The molecule has 1 amide bonds. The number of nitrogens with two attached hydrogens (primary N) is 1. The Labute approximate surface area is 118 Å². The molecule has 4 heteroatoms. The number of benzene rings is 1. The Kier molecular flexibility index (Phi) is 3.37. The third-order valence-corrected chi connectivity index (χ3v) is 3.72. The second-order valence-electron chi connectivity index (χ2n) is 5.03. The molecular formula is C16H17N3O. The van der Waals surface area contributed by atoms with Crippen molar-refractivity contribution in [2.24, 2.45) is 5.73 Å². The number of amides is 1. The van der Waals surface area contributed by atoms with Crippen LogP contribution in [-0.2, 0) is 0 Å². The third-order valence-electron chi connectivity index (χ3n) is 3.72. The normalized spacial score (nSPS) is 14.5. The zero-order valence-electron chi connectivity index (χ0n) is 11.2. The second kappa shape index (κ2) is 5.33. The fourth-order valence-corrected chi connectivity index (χ4v) is 2.69. The van der Waals surface area contributed by atoms with Crippen LogP contribution in [0.2, 0.25) is 0 Å². The van der Waals surface area contributed by atoms with Crippen LogP contribution in [0.15, 0.2) is 42.7 Å². The Morgan fingerprint density at radius 1 is 1.05 bits per heavy atom. The van der Waals surface area contributed by atoms with Crippen molar-refractivity contribution < 1.29 is 4.79 Å². The lowest BCUT2D eigenvalue weighted by Gasteiger charge is -2.21. The molecule has 0 unspecified atom stereocenters. The van der Waals surface area contributed by atoms with Gasteiger partial charge in [0.2, 0.25) is 0 Å². The lowest BCUT2D eigenvalue weighted by atomic mass is 10.0. The van der Waals surface area contributed by atoms with Gasteiger partial charge in [0.05, 0.1) is 5.56 Å². The molecule has 1 aromatic carbocycles. The van der Waals surface area contributed by atoms with E-state index in [4.69, 9.17) is 5.73 Å². The summed E-state index contributed by atoms with van der Waals surface area (Å²) >= 11 is 0. The number of nitrogens with zero attached hydrogens (tertiary/aromatic N) is 2. The number of rotatable bonds is 3. The minimum atomic E-state index is -0.372. The first-order valence-corrected chi connectivity index (χ1v) is 6.85. The van der Waals surface area contributed by atoms with Crippen LogP contribution in [-0.4, -0.2) is 24.0 Å². The van der Waals surface area contributed by atoms with Crippen molar-refractivity contribution >= 4 is 11.6 Å². The second-order valence-corrected chi connectivity index (χ2v) is 5.03. The van der Waals surface area contributed by atoms with Crippen LogP contribution in [0.25, 0.3) is 11.1 Å². The van der Waals surface area contributed by atoms with E-state index in [1.807, 2.05) is 30.3 Å². The highest BCUT2D eigenvalue weighted by molar-refractivity contribution is 6.00. The summed E-state index contributed by atoms with van der Waals surface area (Å²) in [5.41, 5.74) is 9.13. The van der Waals surface area contributed by atoms with Gasteiger partial charge in [-0.15, -0.1) is 0 Å². The molecule has 0 spiro atoms.